The highest BCUT2D eigenvalue weighted by Gasteiger charge is 2.09. The van der Waals surface area contributed by atoms with Crippen LogP contribution < -0.4 is 10.6 Å². The van der Waals surface area contributed by atoms with Crippen LogP contribution in [0.4, 0.5) is 15.8 Å². The first kappa shape index (κ1) is 11.0. The topological polar surface area (TPSA) is 29.3 Å². The number of rotatable bonds is 3. The third-order valence-electron chi connectivity index (χ3n) is 2.41. The Balaban J connectivity index is 2.21. The maximum absolute atomic E-state index is 13.3. The molecule has 0 bridgehead atoms. The first-order valence-corrected chi connectivity index (χ1v) is 5.84. The van der Waals surface area contributed by atoms with Crippen LogP contribution in [0.2, 0.25) is 0 Å². The number of para-hydroxylation sites is 1. The van der Waals surface area contributed by atoms with Gasteiger partial charge in [0.25, 0.3) is 0 Å². The van der Waals surface area contributed by atoms with Crippen LogP contribution in [-0.4, -0.2) is 7.05 Å². The van der Waals surface area contributed by atoms with E-state index in [-0.39, 0.29) is 11.5 Å². The van der Waals surface area contributed by atoms with Gasteiger partial charge in [0.1, 0.15) is 5.82 Å². The molecule has 2 nitrogen and oxygen atoms in total. The maximum Gasteiger partial charge on any atom is 0.148 e. The summed E-state index contributed by atoms with van der Waals surface area (Å²) in [7, 11) is 1.91. The van der Waals surface area contributed by atoms with Crippen LogP contribution in [0, 0.1) is 5.82 Å². The average molecular weight is 236 g/mol. The van der Waals surface area contributed by atoms with Crippen LogP contribution >= 0.6 is 11.3 Å². The van der Waals surface area contributed by atoms with Crippen LogP contribution in [0.5, 0.6) is 0 Å². The van der Waals surface area contributed by atoms with Gasteiger partial charge in [-0.15, -0.1) is 11.3 Å². The minimum atomic E-state index is -0.365. The van der Waals surface area contributed by atoms with Crippen molar-refractivity contribution in [2.45, 2.75) is 6.54 Å². The molecule has 1 aromatic heterocycles. The maximum atomic E-state index is 13.3. The van der Waals surface area contributed by atoms with Crippen molar-refractivity contribution >= 4 is 22.7 Å². The van der Waals surface area contributed by atoms with Crippen LogP contribution in [0.3, 0.4) is 0 Å². The van der Waals surface area contributed by atoms with E-state index in [4.69, 9.17) is 5.73 Å². The van der Waals surface area contributed by atoms with Gasteiger partial charge in [-0.05, 0) is 23.6 Å². The number of halogens is 1. The molecule has 1 aromatic carbocycles. The number of benzene rings is 1. The molecular formula is C12H13FN2S. The monoisotopic (exact) mass is 236 g/mol. The van der Waals surface area contributed by atoms with Crippen molar-refractivity contribution in [3.05, 3.63) is 46.4 Å². The second kappa shape index (κ2) is 4.53. The van der Waals surface area contributed by atoms with Crippen molar-refractivity contribution < 1.29 is 4.39 Å². The fourth-order valence-corrected chi connectivity index (χ4v) is 2.34. The Hall–Kier alpha value is -1.55. The van der Waals surface area contributed by atoms with E-state index in [1.807, 2.05) is 29.5 Å². The minimum Gasteiger partial charge on any atom is -0.395 e. The minimum absolute atomic E-state index is 0.210. The van der Waals surface area contributed by atoms with Crippen molar-refractivity contribution in [2.24, 2.45) is 0 Å². The molecule has 0 spiro atoms. The number of anilines is 2. The summed E-state index contributed by atoms with van der Waals surface area (Å²) in [4.78, 5) is 3.18. The van der Waals surface area contributed by atoms with Gasteiger partial charge in [0.2, 0.25) is 0 Å². The van der Waals surface area contributed by atoms with Gasteiger partial charge < -0.3 is 10.6 Å². The molecule has 1 heterocycles. The Morgan fingerprint density at radius 2 is 2.12 bits per heavy atom. The van der Waals surface area contributed by atoms with E-state index < -0.39 is 0 Å². The fourth-order valence-electron chi connectivity index (χ4n) is 1.58. The molecule has 0 fully saturated rings. The lowest BCUT2D eigenvalue weighted by Crippen LogP contribution is -2.17. The molecule has 84 valence electrons. The Kier molecular flexibility index (Phi) is 3.10. The normalized spacial score (nSPS) is 10.4. The second-order valence-corrected chi connectivity index (χ2v) is 4.64. The smallest absolute Gasteiger partial charge is 0.148 e. The molecule has 0 unspecified atom stereocenters. The molecule has 2 rings (SSSR count). The molecule has 0 atom stereocenters. The summed E-state index contributed by atoms with van der Waals surface area (Å²) in [5.41, 5.74) is 6.64. The van der Waals surface area contributed by atoms with Crippen LogP contribution in [0.15, 0.2) is 35.7 Å². The Bertz CT molecular complexity index is 468. The van der Waals surface area contributed by atoms with E-state index in [0.29, 0.717) is 0 Å². The predicted octanol–water partition coefficient (Wildman–Crippen LogP) is 3.11. The lowest BCUT2D eigenvalue weighted by Gasteiger charge is -2.20. The lowest BCUT2D eigenvalue weighted by atomic mass is 10.2. The number of thiophene rings is 1. The van der Waals surface area contributed by atoms with Crippen molar-refractivity contribution in [2.75, 3.05) is 17.7 Å². The molecule has 4 heteroatoms. The van der Waals surface area contributed by atoms with E-state index in [1.165, 1.54) is 10.9 Å². The molecule has 0 saturated carbocycles. The summed E-state index contributed by atoms with van der Waals surface area (Å²) in [6.45, 7) is 0.741. The predicted molar refractivity (Wildman–Crippen MR) is 67.2 cm³/mol. The SMILES string of the molecule is CN(Cc1cccs1)c1cccc(F)c1N. The largest absolute Gasteiger partial charge is 0.395 e. The Morgan fingerprint density at radius 3 is 2.81 bits per heavy atom. The van der Waals surface area contributed by atoms with Gasteiger partial charge >= 0.3 is 0 Å². The average Bonchev–Trinajstić information content (AvgIpc) is 2.74. The van der Waals surface area contributed by atoms with Gasteiger partial charge in [-0.2, -0.15) is 0 Å². The van der Waals surface area contributed by atoms with Gasteiger partial charge in [0, 0.05) is 11.9 Å². The standard InChI is InChI=1S/C12H13FN2S/c1-15(8-9-4-3-7-16-9)11-6-2-5-10(13)12(11)14/h2-7H,8,14H2,1H3. The highest BCUT2D eigenvalue weighted by atomic mass is 32.1. The Labute approximate surface area is 98.1 Å². The number of hydrogen-bond donors (Lipinski definition) is 1. The summed E-state index contributed by atoms with van der Waals surface area (Å²) in [5, 5.41) is 2.03. The zero-order chi connectivity index (χ0) is 11.5. The lowest BCUT2D eigenvalue weighted by molar-refractivity contribution is 0.632. The first-order valence-electron chi connectivity index (χ1n) is 4.96. The zero-order valence-corrected chi connectivity index (χ0v) is 9.80. The molecular weight excluding hydrogens is 223 g/mol. The van der Waals surface area contributed by atoms with Crippen LogP contribution in [-0.2, 0) is 6.54 Å². The van der Waals surface area contributed by atoms with E-state index in [0.717, 1.165) is 12.2 Å². The Morgan fingerprint density at radius 1 is 1.31 bits per heavy atom. The number of nitrogen functional groups attached to an aromatic ring is 1. The van der Waals surface area contributed by atoms with Gasteiger partial charge in [0.15, 0.2) is 0 Å². The number of nitrogens with zero attached hydrogens (tertiary/aromatic N) is 1. The second-order valence-electron chi connectivity index (χ2n) is 3.61. The summed E-state index contributed by atoms with van der Waals surface area (Å²) in [6, 6.07) is 8.93. The quantitative estimate of drug-likeness (QED) is 0.830. The zero-order valence-electron chi connectivity index (χ0n) is 8.98. The fraction of sp³-hybridized carbons (Fsp3) is 0.167. The summed E-state index contributed by atoms with van der Waals surface area (Å²) >= 11 is 1.68. The van der Waals surface area contributed by atoms with Gasteiger partial charge in [0.05, 0.1) is 17.9 Å². The highest BCUT2D eigenvalue weighted by Crippen LogP contribution is 2.26. The molecule has 0 aliphatic rings. The first-order chi connectivity index (χ1) is 7.68. The third-order valence-corrected chi connectivity index (χ3v) is 3.28. The summed E-state index contributed by atoms with van der Waals surface area (Å²) in [6.07, 6.45) is 0. The molecule has 0 amide bonds. The molecule has 2 aromatic rings. The summed E-state index contributed by atoms with van der Waals surface area (Å²) in [5.74, 6) is -0.365. The van der Waals surface area contributed by atoms with Gasteiger partial charge in [-0.1, -0.05) is 12.1 Å². The van der Waals surface area contributed by atoms with Crippen molar-refractivity contribution in [3.63, 3.8) is 0 Å². The van der Waals surface area contributed by atoms with E-state index in [1.54, 1.807) is 17.4 Å². The molecule has 0 saturated heterocycles. The molecule has 16 heavy (non-hydrogen) atoms. The van der Waals surface area contributed by atoms with Gasteiger partial charge in [-0.25, -0.2) is 4.39 Å². The van der Waals surface area contributed by atoms with Crippen molar-refractivity contribution in [1.82, 2.24) is 0 Å². The van der Waals surface area contributed by atoms with E-state index in [2.05, 4.69) is 6.07 Å². The van der Waals surface area contributed by atoms with Crippen LogP contribution in [0.25, 0.3) is 0 Å². The molecule has 0 radical (unpaired) electrons. The number of nitrogens with two attached hydrogens (primary N) is 1. The number of hydrogen-bond acceptors (Lipinski definition) is 3. The summed E-state index contributed by atoms with van der Waals surface area (Å²) < 4.78 is 13.3. The molecule has 2 N–H and O–H groups in total. The molecule has 0 aliphatic heterocycles. The third kappa shape index (κ3) is 2.17. The molecule has 0 aliphatic carbocycles. The van der Waals surface area contributed by atoms with Crippen molar-refractivity contribution in [1.29, 1.82) is 0 Å². The van der Waals surface area contributed by atoms with Crippen molar-refractivity contribution in [3.8, 4) is 0 Å². The van der Waals surface area contributed by atoms with Gasteiger partial charge in [-0.3, -0.25) is 0 Å². The van der Waals surface area contributed by atoms with Crippen LogP contribution in [0.1, 0.15) is 4.88 Å². The van der Waals surface area contributed by atoms with E-state index in [9.17, 15) is 4.39 Å². The highest BCUT2D eigenvalue weighted by molar-refractivity contribution is 7.09. The van der Waals surface area contributed by atoms with E-state index >= 15 is 0 Å².